The summed E-state index contributed by atoms with van der Waals surface area (Å²) < 4.78 is 0. The molecular formula is C18H22Cl2N2O. The molecule has 4 saturated carbocycles. The van der Waals surface area contributed by atoms with Gasteiger partial charge in [-0.15, -0.1) is 0 Å². The number of amides is 2. The number of nitrogens with one attached hydrogen (secondary N) is 2. The van der Waals surface area contributed by atoms with Crippen molar-refractivity contribution in [3.63, 3.8) is 0 Å². The molecule has 4 aliphatic carbocycles. The van der Waals surface area contributed by atoms with E-state index in [1.807, 2.05) is 0 Å². The molecule has 2 N–H and O–H groups in total. The summed E-state index contributed by atoms with van der Waals surface area (Å²) in [7, 11) is 0. The lowest BCUT2D eigenvalue weighted by Crippen LogP contribution is -2.51. The summed E-state index contributed by atoms with van der Waals surface area (Å²) in [5.41, 5.74) is 0.895. The number of carbonyl (C=O) groups excluding carboxylic acids is 1. The van der Waals surface area contributed by atoms with E-state index in [2.05, 4.69) is 10.6 Å². The Balaban J connectivity index is 1.37. The summed E-state index contributed by atoms with van der Waals surface area (Å²) in [5, 5.41) is 6.74. The molecule has 1 aromatic carbocycles. The zero-order chi connectivity index (χ0) is 16.0. The van der Waals surface area contributed by atoms with Crippen molar-refractivity contribution in [3.05, 3.63) is 28.2 Å². The third kappa shape index (κ3) is 3.06. The molecule has 4 bridgehead atoms. The average Bonchev–Trinajstić information content (AvgIpc) is 2.49. The largest absolute Gasteiger partial charge is 0.337 e. The van der Waals surface area contributed by atoms with Crippen molar-refractivity contribution in [1.82, 2.24) is 5.32 Å². The Morgan fingerprint density at radius 3 is 2.30 bits per heavy atom. The van der Waals surface area contributed by atoms with Crippen LogP contribution in [-0.2, 0) is 0 Å². The molecule has 1 aromatic rings. The first-order valence-electron chi connectivity index (χ1n) is 8.52. The number of hydrogen-bond donors (Lipinski definition) is 2. The number of benzene rings is 1. The van der Waals surface area contributed by atoms with Crippen molar-refractivity contribution in [2.45, 2.75) is 38.5 Å². The van der Waals surface area contributed by atoms with Crippen LogP contribution in [-0.4, -0.2) is 12.6 Å². The van der Waals surface area contributed by atoms with Crippen molar-refractivity contribution in [2.24, 2.45) is 23.2 Å². The quantitative estimate of drug-likeness (QED) is 0.757. The van der Waals surface area contributed by atoms with Crippen LogP contribution in [0.25, 0.3) is 0 Å². The molecule has 0 unspecified atom stereocenters. The Labute approximate surface area is 147 Å². The Bertz CT molecular complexity index is 596. The summed E-state index contributed by atoms with van der Waals surface area (Å²) in [5.74, 6) is 2.69. The summed E-state index contributed by atoms with van der Waals surface area (Å²) >= 11 is 12.1. The Morgan fingerprint density at radius 1 is 1.09 bits per heavy atom. The maximum atomic E-state index is 12.2. The van der Waals surface area contributed by atoms with Gasteiger partial charge in [-0.3, -0.25) is 0 Å². The van der Waals surface area contributed by atoms with E-state index in [4.69, 9.17) is 23.2 Å². The lowest BCUT2D eigenvalue weighted by Gasteiger charge is -2.56. The topological polar surface area (TPSA) is 41.1 Å². The van der Waals surface area contributed by atoms with Crippen LogP contribution in [0.4, 0.5) is 10.5 Å². The normalized spacial score (nSPS) is 34.4. The van der Waals surface area contributed by atoms with Crippen LogP contribution < -0.4 is 10.6 Å². The molecule has 0 radical (unpaired) electrons. The number of urea groups is 1. The van der Waals surface area contributed by atoms with E-state index < -0.39 is 0 Å². The van der Waals surface area contributed by atoms with Crippen molar-refractivity contribution in [3.8, 4) is 0 Å². The standard InChI is InChI=1S/C18H22Cl2N2O/c19-14-2-1-3-15(16(14)20)22-17(23)21-10-18-7-11-4-12(8-18)6-13(5-11)9-18/h1-3,11-13H,4-10H2,(H2,21,22,23). The summed E-state index contributed by atoms with van der Waals surface area (Å²) in [6, 6.07) is 5.06. The fourth-order valence-corrected chi connectivity index (χ4v) is 5.89. The van der Waals surface area contributed by atoms with Crippen LogP contribution in [0.3, 0.4) is 0 Å². The highest BCUT2D eigenvalue weighted by Crippen LogP contribution is 2.59. The van der Waals surface area contributed by atoms with Gasteiger partial charge in [0.05, 0.1) is 15.7 Å². The van der Waals surface area contributed by atoms with Gasteiger partial charge in [0.25, 0.3) is 0 Å². The Morgan fingerprint density at radius 2 is 1.70 bits per heavy atom. The number of rotatable bonds is 3. The van der Waals surface area contributed by atoms with E-state index in [0.717, 1.165) is 24.3 Å². The maximum Gasteiger partial charge on any atom is 0.319 e. The molecule has 4 fully saturated rings. The summed E-state index contributed by atoms with van der Waals surface area (Å²) in [6.45, 7) is 0.778. The zero-order valence-electron chi connectivity index (χ0n) is 13.1. The van der Waals surface area contributed by atoms with Gasteiger partial charge < -0.3 is 10.6 Å². The van der Waals surface area contributed by atoms with E-state index >= 15 is 0 Å². The van der Waals surface area contributed by atoms with Gasteiger partial charge in [-0.1, -0.05) is 29.3 Å². The third-order valence-electron chi connectivity index (χ3n) is 5.99. The number of hydrogen-bond acceptors (Lipinski definition) is 1. The molecular weight excluding hydrogens is 331 g/mol. The summed E-state index contributed by atoms with van der Waals surface area (Å²) in [4.78, 5) is 12.2. The molecule has 0 atom stereocenters. The second kappa shape index (κ2) is 5.86. The van der Waals surface area contributed by atoms with E-state index in [1.54, 1.807) is 18.2 Å². The van der Waals surface area contributed by atoms with Crippen molar-refractivity contribution >= 4 is 34.9 Å². The van der Waals surface area contributed by atoms with Gasteiger partial charge in [0.15, 0.2) is 0 Å². The minimum atomic E-state index is -0.190. The molecule has 4 aliphatic rings. The third-order valence-corrected chi connectivity index (χ3v) is 6.81. The first-order valence-corrected chi connectivity index (χ1v) is 9.27. The van der Waals surface area contributed by atoms with Crippen molar-refractivity contribution in [1.29, 1.82) is 0 Å². The van der Waals surface area contributed by atoms with E-state index in [9.17, 15) is 4.79 Å². The molecule has 0 aliphatic heterocycles. The second-order valence-electron chi connectivity index (χ2n) is 7.83. The molecule has 2 amide bonds. The van der Waals surface area contributed by atoms with Crippen LogP contribution in [0.15, 0.2) is 18.2 Å². The van der Waals surface area contributed by atoms with Crippen LogP contribution in [0.1, 0.15) is 38.5 Å². The average molecular weight is 353 g/mol. The van der Waals surface area contributed by atoms with Crippen LogP contribution in [0.2, 0.25) is 10.0 Å². The SMILES string of the molecule is O=C(NCC12CC3CC(CC(C3)C1)C2)Nc1cccc(Cl)c1Cl. The molecule has 0 saturated heterocycles. The van der Waals surface area contributed by atoms with Gasteiger partial charge in [0.2, 0.25) is 0 Å². The highest BCUT2D eigenvalue weighted by Gasteiger charge is 2.50. The van der Waals surface area contributed by atoms with Gasteiger partial charge in [0.1, 0.15) is 0 Å². The van der Waals surface area contributed by atoms with Crippen LogP contribution >= 0.6 is 23.2 Å². The van der Waals surface area contributed by atoms with Gasteiger partial charge in [-0.25, -0.2) is 4.79 Å². The highest BCUT2D eigenvalue weighted by atomic mass is 35.5. The monoisotopic (exact) mass is 352 g/mol. The predicted octanol–water partition coefficient (Wildman–Crippen LogP) is 5.33. The van der Waals surface area contributed by atoms with Gasteiger partial charge in [-0.05, 0) is 73.8 Å². The van der Waals surface area contributed by atoms with E-state index in [0.29, 0.717) is 21.1 Å². The molecule has 23 heavy (non-hydrogen) atoms. The molecule has 5 rings (SSSR count). The Hall–Kier alpha value is -0.930. The fourth-order valence-electron chi connectivity index (χ4n) is 5.54. The molecule has 0 heterocycles. The molecule has 5 heteroatoms. The molecule has 3 nitrogen and oxygen atoms in total. The van der Waals surface area contributed by atoms with Gasteiger partial charge in [0, 0.05) is 6.54 Å². The van der Waals surface area contributed by atoms with Crippen LogP contribution in [0.5, 0.6) is 0 Å². The minimum absolute atomic E-state index is 0.190. The molecule has 0 spiro atoms. The molecule has 0 aromatic heterocycles. The fraction of sp³-hybridized carbons (Fsp3) is 0.611. The number of halogens is 2. The number of anilines is 1. The first-order chi connectivity index (χ1) is 11.0. The molecule has 124 valence electrons. The predicted molar refractivity (Wildman–Crippen MR) is 94.1 cm³/mol. The minimum Gasteiger partial charge on any atom is -0.337 e. The number of carbonyl (C=O) groups is 1. The van der Waals surface area contributed by atoms with Gasteiger partial charge in [-0.2, -0.15) is 0 Å². The summed E-state index contributed by atoms with van der Waals surface area (Å²) in [6.07, 6.45) is 8.13. The van der Waals surface area contributed by atoms with Gasteiger partial charge >= 0.3 is 6.03 Å². The van der Waals surface area contributed by atoms with Crippen molar-refractivity contribution in [2.75, 3.05) is 11.9 Å². The lowest BCUT2D eigenvalue weighted by molar-refractivity contribution is -0.0496. The van der Waals surface area contributed by atoms with Crippen molar-refractivity contribution < 1.29 is 4.79 Å². The second-order valence-corrected chi connectivity index (χ2v) is 8.61. The van der Waals surface area contributed by atoms with E-state index in [1.165, 1.54) is 38.5 Å². The smallest absolute Gasteiger partial charge is 0.319 e. The van der Waals surface area contributed by atoms with E-state index in [-0.39, 0.29) is 6.03 Å². The highest BCUT2D eigenvalue weighted by molar-refractivity contribution is 6.43. The first kappa shape index (κ1) is 15.6. The maximum absolute atomic E-state index is 12.2. The van der Waals surface area contributed by atoms with Crippen LogP contribution in [0, 0.1) is 23.2 Å². The zero-order valence-corrected chi connectivity index (χ0v) is 14.6. The Kier molecular flexibility index (Phi) is 3.97. The lowest BCUT2D eigenvalue weighted by atomic mass is 9.49.